The second-order valence-corrected chi connectivity index (χ2v) is 14.8. The lowest BCUT2D eigenvalue weighted by molar-refractivity contribution is 0.520. The summed E-state index contributed by atoms with van der Waals surface area (Å²) in [5.74, 6) is 0.175. The molecule has 9 aromatic rings. The number of allylic oxidation sites excluding steroid dienone is 3. The van der Waals surface area contributed by atoms with E-state index in [4.69, 9.17) is 0 Å². The van der Waals surface area contributed by atoms with Crippen molar-refractivity contribution in [2.75, 3.05) is 4.90 Å². The van der Waals surface area contributed by atoms with Gasteiger partial charge in [-0.3, -0.25) is 0 Å². The molecule has 0 radical (unpaired) electrons. The highest BCUT2D eigenvalue weighted by Crippen LogP contribution is 2.47. The summed E-state index contributed by atoms with van der Waals surface area (Å²) in [7, 11) is 0. The molecule has 2 unspecified atom stereocenters. The predicted octanol–water partition coefficient (Wildman–Crippen LogP) is 13.9. The Kier molecular flexibility index (Phi) is 8.03. The lowest BCUT2D eigenvalue weighted by Gasteiger charge is -2.40. The first-order valence-corrected chi connectivity index (χ1v) is 19.1. The molecule has 0 fully saturated rings. The number of aromatic nitrogens is 1. The number of anilines is 2. The smallest absolute Gasteiger partial charge is 0.0547 e. The molecule has 2 atom stereocenters. The van der Waals surface area contributed by atoms with E-state index in [1.165, 1.54) is 60.5 Å². The van der Waals surface area contributed by atoms with E-state index in [0.717, 1.165) is 17.1 Å². The van der Waals surface area contributed by atoms with E-state index in [0.29, 0.717) is 0 Å². The highest BCUT2D eigenvalue weighted by molar-refractivity contribution is 6.21. The maximum Gasteiger partial charge on any atom is 0.0547 e. The van der Waals surface area contributed by atoms with Gasteiger partial charge in [0, 0.05) is 44.9 Å². The van der Waals surface area contributed by atoms with Crippen molar-refractivity contribution in [1.82, 2.24) is 4.57 Å². The van der Waals surface area contributed by atoms with Crippen LogP contribution in [-0.4, -0.2) is 4.57 Å². The number of hydrogen-bond donors (Lipinski definition) is 0. The highest BCUT2D eigenvalue weighted by Gasteiger charge is 2.37. The van der Waals surface area contributed by atoms with Gasteiger partial charge in [-0.25, -0.2) is 0 Å². The molecule has 1 aliphatic carbocycles. The number of hydrogen-bond acceptors (Lipinski definition) is 1. The molecule has 0 spiro atoms. The molecule has 55 heavy (non-hydrogen) atoms. The molecule has 10 rings (SSSR count). The van der Waals surface area contributed by atoms with Gasteiger partial charge in [-0.2, -0.15) is 0 Å². The Hall–Kier alpha value is -6.90. The minimum atomic E-state index is -0.294. The molecular weight excluding hydrogens is 665 g/mol. The lowest BCUT2D eigenvalue weighted by Crippen LogP contribution is -2.32. The molecule has 0 aliphatic heterocycles. The van der Waals surface area contributed by atoms with Crippen LogP contribution in [0.1, 0.15) is 24.0 Å². The third-order valence-electron chi connectivity index (χ3n) is 11.5. The van der Waals surface area contributed by atoms with Crippen LogP contribution in [-0.2, 0) is 5.41 Å². The summed E-state index contributed by atoms with van der Waals surface area (Å²) in [6.07, 6.45) is 7.23. The molecule has 2 heteroatoms. The van der Waals surface area contributed by atoms with Crippen molar-refractivity contribution < 1.29 is 0 Å². The van der Waals surface area contributed by atoms with Crippen LogP contribution in [0.2, 0.25) is 0 Å². The molecule has 0 bridgehead atoms. The van der Waals surface area contributed by atoms with Gasteiger partial charge in [0.05, 0.1) is 11.0 Å². The molecule has 8 aromatic carbocycles. The van der Waals surface area contributed by atoms with Gasteiger partial charge >= 0.3 is 0 Å². The topological polar surface area (TPSA) is 8.17 Å². The fourth-order valence-electron chi connectivity index (χ4n) is 8.82. The summed E-state index contributed by atoms with van der Waals surface area (Å²) < 4.78 is 2.39. The third-order valence-corrected chi connectivity index (χ3v) is 11.5. The maximum absolute atomic E-state index is 2.49. The number of para-hydroxylation sites is 2. The van der Waals surface area contributed by atoms with Gasteiger partial charge in [0.1, 0.15) is 0 Å². The molecule has 262 valence electrons. The van der Waals surface area contributed by atoms with Crippen LogP contribution in [0.5, 0.6) is 0 Å². The van der Waals surface area contributed by atoms with Crippen LogP contribution in [0.3, 0.4) is 0 Å². The van der Waals surface area contributed by atoms with Crippen molar-refractivity contribution in [2.24, 2.45) is 0 Å². The standard InChI is InChI=1S/C53H40N2/c1-53(42-20-10-4-11-21-42)37-46(32-34-49(53)40-18-8-3-9-19-40)54(44-29-26-39(27-30-44)38-16-6-2-7-17-38)45-31-33-47-41(36-45)28-35-51-52(47)48-24-14-15-25-50(48)55(51)43-22-12-5-13-23-43/h2-37,49H,1H3. The molecule has 1 aliphatic rings. The predicted molar refractivity (Wildman–Crippen MR) is 233 cm³/mol. The van der Waals surface area contributed by atoms with Gasteiger partial charge in [0.25, 0.3) is 0 Å². The molecule has 0 saturated heterocycles. The number of benzene rings is 8. The van der Waals surface area contributed by atoms with Crippen molar-refractivity contribution in [3.05, 3.63) is 235 Å². The first-order valence-electron chi connectivity index (χ1n) is 19.1. The first kappa shape index (κ1) is 32.7. The molecule has 1 heterocycles. The van der Waals surface area contributed by atoms with Crippen LogP contribution in [0.15, 0.2) is 224 Å². The largest absolute Gasteiger partial charge is 0.311 e. The second kappa shape index (κ2) is 13.5. The lowest BCUT2D eigenvalue weighted by atomic mass is 9.66. The molecule has 2 nitrogen and oxygen atoms in total. The quantitative estimate of drug-likeness (QED) is 0.160. The third kappa shape index (κ3) is 5.66. The molecule has 0 N–H and O–H groups in total. The van der Waals surface area contributed by atoms with Crippen LogP contribution in [0.25, 0.3) is 49.4 Å². The molecule has 0 amide bonds. The zero-order valence-electron chi connectivity index (χ0n) is 30.8. The Morgan fingerprint density at radius 3 is 1.87 bits per heavy atom. The van der Waals surface area contributed by atoms with Crippen LogP contribution in [0.4, 0.5) is 11.4 Å². The molecular formula is C53H40N2. The van der Waals surface area contributed by atoms with E-state index >= 15 is 0 Å². The van der Waals surface area contributed by atoms with E-state index < -0.39 is 0 Å². The summed E-state index contributed by atoms with van der Waals surface area (Å²) in [4.78, 5) is 2.44. The fourth-order valence-corrected chi connectivity index (χ4v) is 8.82. The minimum absolute atomic E-state index is 0.175. The van der Waals surface area contributed by atoms with Crippen molar-refractivity contribution in [3.63, 3.8) is 0 Å². The number of rotatable bonds is 7. The Morgan fingerprint density at radius 1 is 0.509 bits per heavy atom. The van der Waals surface area contributed by atoms with Crippen molar-refractivity contribution in [3.8, 4) is 16.8 Å². The summed E-state index contributed by atoms with van der Waals surface area (Å²) in [6.45, 7) is 2.39. The van der Waals surface area contributed by atoms with Crippen LogP contribution >= 0.6 is 0 Å². The van der Waals surface area contributed by atoms with Crippen LogP contribution < -0.4 is 4.90 Å². The van der Waals surface area contributed by atoms with Gasteiger partial charge in [0.2, 0.25) is 0 Å². The van der Waals surface area contributed by atoms with Gasteiger partial charge in [-0.05, 0) is 93.7 Å². The summed E-state index contributed by atoms with van der Waals surface area (Å²) >= 11 is 0. The summed E-state index contributed by atoms with van der Waals surface area (Å²) in [5, 5.41) is 5.00. The highest BCUT2D eigenvalue weighted by atomic mass is 15.1. The van der Waals surface area contributed by atoms with E-state index in [2.05, 4.69) is 235 Å². The van der Waals surface area contributed by atoms with Gasteiger partial charge in [-0.15, -0.1) is 0 Å². The van der Waals surface area contributed by atoms with Gasteiger partial charge in [0.15, 0.2) is 0 Å². The average molecular weight is 705 g/mol. The Morgan fingerprint density at radius 2 is 1.13 bits per heavy atom. The van der Waals surface area contributed by atoms with Crippen LogP contribution in [0, 0.1) is 0 Å². The zero-order valence-corrected chi connectivity index (χ0v) is 30.8. The van der Waals surface area contributed by atoms with E-state index in [9.17, 15) is 0 Å². The van der Waals surface area contributed by atoms with Crippen molar-refractivity contribution >= 4 is 44.0 Å². The SMILES string of the molecule is CC1(c2ccccc2)C=C(N(c2ccc(-c3ccccc3)cc2)c2ccc3c(ccc4c3c3ccccc3n4-c3ccccc3)c2)C=CC1c1ccccc1. The normalized spacial score (nSPS) is 16.7. The second-order valence-electron chi connectivity index (χ2n) is 14.8. The van der Waals surface area contributed by atoms with E-state index in [1.54, 1.807) is 0 Å². The van der Waals surface area contributed by atoms with E-state index in [1.807, 2.05) is 0 Å². The summed E-state index contributed by atoms with van der Waals surface area (Å²) in [5.41, 5.74) is 11.7. The monoisotopic (exact) mass is 704 g/mol. The molecule has 0 saturated carbocycles. The minimum Gasteiger partial charge on any atom is -0.311 e. The number of fused-ring (bicyclic) bond motifs is 5. The molecule has 1 aromatic heterocycles. The Balaban J connectivity index is 1.16. The van der Waals surface area contributed by atoms with Crippen molar-refractivity contribution in [1.29, 1.82) is 0 Å². The first-order chi connectivity index (χ1) is 27.2. The number of nitrogens with zero attached hydrogens (tertiary/aromatic N) is 2. The van der Waals surface area contributed by atoms with Gasteiger partial charge in [-0.1, -0.05) is 165 Å². The maximum atomic E-state index is 2.49. The Labute approximate surface area is 322 Å². The Bertz CT molecular complexity index is 2850. The average Bonchev–Trinajstić information content (AvgIpc) is 3.60. The van der Waals surface area contributed by atoms with E-state index in [-0.39, 0.29) is 11.3 Å². The van der Waals surface area contributed by atoms with Crippen molar-refractivity contribution in [2.45, 2.75) is 18.3 Å². The summed E-state index contributed by atoms with van der Waals surface area (Å²) in [6, 6.07) is 72.6. The van der Waals surface area contributed by atoms with Gasteiger partial charge < -0.3 is 9.47 Å². The zero-order chi connectivity index (χ0) is 36.8. The fraction of sp³-hybridized carbons (Fsp3) is 0.0566.